The number of nitrogens with zero attached hydrogens (tertiary/aromatic N) is 1. The Balaban J connectivity index is 2.24. The Morgan fingerprint density at radius 1 is 1.16 bits per heavy atom. The van der Waals surface area contributed by atoms with E-state index in [0.29, 0.717) is 11.4 Å². The second-order valence-electron chi connectivity index (χ2n) is 4.95. The van der Waals surface area contributed by atoms with Crippen molar-refractivity contribution in [1.29, 1.82) is 0 Å². The predicted molar refractivity (Wildman–Crippen MR) is 71.3 cm³/mol. The van der Waals surface area contributed by atoms with Crippen molar-refractivity contribution >= 4 is 17.5 Å². The Bertz CT molecular complexity index is 507. The first-order valence-corrected chi connectivity index (χ1v) is 6.22. The molecule has 1 aliphatic rings. The SMILES string of the molecule is COc1cc(N)cc(CN2C(=O)C(C)C(C)C2=O)c1. The first-order chi connectivity index (χ1) is 8.93. The van der Waals surface area contributed by atoms with Gasteiger partial charge in [-0.15, -0.1) is 0 Å². The van der Waals surface area contributed by atoms with E-state index in [0.717, 1.165) is 5.56 Å². The highest BCUT2D eigenvalue weighted by molar-refractivity contribution is 6.04. The summed E-state index contributed by atoms with van der Waals surface area (Å²) in [4.78, 5) is 25.3. The number of nitrogens with two attached hydrogens (primary N) is 1. The molecule has 0 bridgehead atoms. The van der Waals surface area contributed by atoms with Gasteiger partial charge in [-0.2, -0.15) is 0 Å². The summed E-state index contributed by atoms with van der Waals surface area (Å²) in [6, 6.07) is 5.23. The number of methoxy groups -OCH3 is 1. The lowest BCUT2D eigenvalue weighted by Crippen LogP contribution is -2.30. The van der Waals surface area contributed by atoms with Crippen LogP contribution < -0.4 is 10.5 Å². The standard InChI is InChI=1S/C14H18N2O3/c1-8-9(2)14(18)16(13(8)17)7-10-4-11(15)6-12(5-10)19-3/h4-6,8-9H,7,15H2,1-3H3. The minimum Gasteiger partial charge on any atom is -0.497 e. The van der Waals surface area contributed by atoms with Crippen LogP contribution in [0.25, 0.3) is 0 Å². The van der Waals surface area contributed by atoms with Crippen molar-refractivity contribution in [3.8, 4) is 5.75 Å². The number of hydrogen-bond donors (Lipinski definition) is 1. The zero-order chi connectivity index (χ0) is 14.2. The van der Waals surface area contributed by atoms with E-state index in [1.165, 1.54) is 4.90 Å². The summed E-state index contributed by atoms with van der Waals surface area (Å²) in [6.45, 7) is 3.81. The molecule has 0 aromatic heterocycles. The molecule has 5 nitrogen and oxygen atoms in total. The second kappa shape index (κ2) is 4.91. The Hall–Kier alpha value is -2.04. The van der Waals surface area contributed by atoms with Crippen molar-refractivity contribution in [3.05, 3.63) is 23.8 Å². The first-order valence-electron chi connectivity index (χ1n) is 6.22. The van der Waals surface area contributed by atoms with Crippen LogP contribution in [0.3, 0.4) is 0 Å². The van der Waals surface area contributed by atoms with Gasteiger partial charge in [-0.1, -0.05) is 13.8 Å². The van der Waals surface area contributed by atoms with Gasteiger partial charge in [-0.3, -0.25) is 14.5 Å². The predicted octanol–water partition coefficient (Wildman–Crippen LogP) is 1.42. The molecule has 1 saturated heterocycles. The van der Waals surface area contributed by atoms with E-state index < -0.39 is 0 Å². The van der Waals surface area contributed by atoms with Crippen molar-refractivity contribution in [2.24, 2.45) is 11.8 Å². The largest absolute Gasteiger partial charge is 0.497 e. The van der Waals surface area contributed by atoms with Gasteiger partial charge in [0.25, 0.3) is 0 Å². The maximum atomic E-state index is 12.0. The number of carbonyl (C=O) groups excluding carboxylic acids is 2. The Morgan fingerprint density at radius 3 is 2.26 bits per heavy atom. The van der Waals surface area contributed by atoms with Crippen LogP contribution in [-0.4, -0.2) is 23.8 Å². The molecule has 2 unspecified atom stereocenters. The molecule has 0 saturated carbocycles. The molecule has 1 fully saturated rings. The lowest BCUT2D eigenvalue weighted by atomic mass is 10.00. The van der Waals surface area contributed by atoms with Crippen molar-refractivity contribution in [2.45, 2.75) is 20.4 Å². The van der Waals surface area contributed by atoms with Crippen LogP contribution in [0.4, 0.5) is 5.69 Å². The van der Waals surface area contributed by atoms with Crippen LogP contribution in [0.1, 0.15) is 19.4 Å². The molecule has 5 heteroatoms. The third-order valence-corrected chi connectivity index (χ3v) is 3.63. The van der Waals surface area contributed by atoms with E-state index in [9.17, 15) is 9.59 Å². The summed E-state index contributed by atoms with van der Waals surface area (Å²) in [5.41, 5.74) is 7.11. The number of benzene rings is 1. The molecule has 2 amide bonds. The molecule has 1 aromatic rings. The number of rotatable bonds is 3. The van der Waals surface area contributed by atoms with Gasteiger partial charge in [0, 0.05) is 23.6 Å². The Labute approximate surface area is 112 Å². The maximum absolute atomic E-state index is 12.0. The fourth-order valence-corrected chi connectivity index (χ4v) is 2.26. The summed E-state index contributed by atoms with van der Waals surface area (Å²) in [5, 5.41) is 0. The Morgan fingerprint density at radius 2 is 1.74 bits per heavy atom. The highest BCUT2D eigenvalue weighted by Gasteiger charge is 2.41. The zero-order valence-electron chi connectivity index (χ0n) is 11.3. The normalized spacial score (nSPS) is 23.0. The lowest BCUT2D eigenvalue weighted by molar-refractivity contribution is -0.140. The molecule has 2 atom stereocenters. The summed E-state index contributed by atoms with van der Waals surface area (Å²) in [7, 11) is 1.55. The van der Waals surface area contributed by atoms with Crippen molar-refractivity contribution in [1.82, 2.24) is 4.90 Å². The minimum atomic E-state index is -0.254. The second-order valence-corrected chi connectivity index (χ2v) is 4.95. The fourth-order valence-electron chi connectivity index (χ4n) is 2.26. The molecule has 1 heterocycles. The van der Waals surface area contributed by atoms with Crippen molar-refractivity contribution in [3.63, 3.8) is 0 Å². The number of amides is 2. The number of nitrogen functional groups attached to an aromatic ring is 1. The van der Waals surface area contributed by atoms with Crippen molar-refractivity contribution < 1.29 is 14.3 Å². The number of anilines is 1. The number of ether oxygens (including phenoxy) is 1. The monoisotopic (exact) mass is 262 g/mol. The van der Waals surface area contributed by atoms with Crippen LogP contribution >= 0.6 is 0 Å². The van der Waals surface area contributed by atoms with Gasteiger partial charge in [0.2, 0.25) is 11.8 Å². The van der Waals surface area contributed by atoms with Gasteiger partial charge in [0.05, 0.1) is 13.7 Å². The third-order valence-electron chi connectivity index (χ3n) is 3.63. The molecule has 1 aliphatic heterocycles. The van der Waals surface area contributed by atoms with Crippen LogP contribution in [-0.2, 0) is 16.1 Å². The molecule has 0 radical (unpaired) electrons. The van der Waals surface area contributed by atoms with E-state index in [4.69, 9.17) is 10.5 Å². The number of carbonyl (C=O) groups is 2. The summed E-state index contributed by atoms with van der Waals surface area (Å²) < 4.78 is 5.13. The average molecular weight is 262 g/mol. The molecule has 102 valence electrons. The van der Waals surface area contributed by atoms with Crippen LogP contribution in [0.2, 0.25) is 0 Å². The summed E-state index contributed by atoms with van der Waals surface area (Å²) in [5.74, 6) is -0.140. The molecule has 19 heavy (non-hydrogen) atoms. The van der Waals surface area contributed by atoms with Gasteiger partial charge < -0.3 is 10.5 Å². The van der Waals surface area contributed by atoms with E-state index >= 15 is 0 Å². The molecule has 2 N–H and O–H groups in total. The first kappa shape index (κ1) is 13.4. The summed E-state index contributed by atoms with van der Waals surface area (Å²) in [6.07, 6.45) is 0. The van der Waals surface area contributed by atoms with Crippen LogP contribution in [0.5, 0.6) is 5.75 Å². The highest BCUT2D eigenvalue weighted by atomic mass is 16.5. The highest BCUT2D eigenvalue weighted by Crippen LogP contribution is 2.28. The third kappa shape index (κ3) is 2.41. The molecule has 0 spiro atoms. The van der Waals surface area contributed by atoms with E-state index in [1.54, 1.807) is 39.2 Å². The molecule has 0 aliphatic carbocycles. The Kier molecular flexibility index (Phi) is 3.46. The number of likely N-dealkylation sites (tertiary alicyclic amines) is 1. The van der Waals surface area contributed by atoms with Gasteiger partial charge in [0.15, 0.2) is 0 Å². The number of hydrogen-bond acceptors (Lipinski definition) is 4. The van der Waals surface area contributed by atoms with Crippen LogP contribution in [0, 0.1) is 11.8 Å². The fraction of sp³-hybridized carbons (Fsp3) is 0.429. The van der Waals surface area contributed by atoms with E-state index in [2.05, 4.69) is 0 Å². The smallest absolute Gasteiger partial charge is 0.233 e. The molecule has 1 aromatic carbocycles. The van der Waals surface area contributed by atoms with Crippen LogP contribution in [0.15, 0.2) is 18.2 Å². The topological polar surface area (TPSA) is 72.6 Å². The minimum absolute atomic E-state index is 0.126. The van der Waals surface area contributed by atoms with Gasteiger partial charge >= 0.3 is 0 Å². The van der Waals surface area contributed by atoms with Crippen molar-refractivity contribution in [2.75, 3.05) is 12.8 Å². The zero-order valence-corrected chi connectivity index (χ0v) is 11.3. The molecular formula is C14H18N2O3. The number of imide groups is 1. The van der Waals surface area contributed by atoms with Gasteiger partial charge in [0.1, 0.15) is 5.75 Å². The van der Waals surface area contributed by atoms with Gasteiger partial charge in [-0.25, -0.2) is 0 Å². The van der Waals surface area contributed by atoms with E-state index in [-0.39, 0.29) is 30.2 Å². The molecule has 2 rings (SSSR count). The molecular weight excluding hydrogens is 244 g/mol. The summed E-state index contributed by atoms with van der Waals surface area (Å²) >= 11 is 0. The maximum Gasteiger partial charge on any atom is 0.233 e. The quantitative estimate of drug-likeness (QED) is 0.660. The average Bonchev–Trinajstić information content (AvgIpc) is 2.56. The van der Waals surface area contributed by atoms with Gasteiger partial charge in [-0.05, 0) is 17.7 Å². The lowest BCUT2D eigenvalue weighted by Gasteiger charge is -2.15. The van der Waals surface area contributed by atoms with E-state index in [1.807, 2.05) is 0 Å².